The minimum absolute atomic E-state index is 0.101. The lowest BCUT2D eigenvalue weighted by atomic mass is 10.1. The minimum atomic E-state index is -0.101. The van der Waals surface area contributed by atoms with Gasteiger partial charge in [0.1, 0.15) is 12.0 Å². The number of para-hydroxylation sites is 3. The van der Waals surface area contributed by atoms with Crippen LogP contribution in [0.3, 0.4) is 0 Å². The molecule has 5 rings (SSSR count). The van der Waals surface area contributed by atoms with Gasteiger partial charge in [0.15, 0.2) is 11.5 Å². The molecule has 3 aromatic carbocycles. The largest absolute Gasteiger partial charge is 0.493 e. The molecule has 5 nitrogen and oxygen atoms in total. The predicted molar refractivity (Wildman–Crippen MR) is 125 cm³/mol. The van der Waals surface area contributed by atoms with E-state index in [2.05, 4.69) is 72.3 Å². The SMILES string of the molecule is COc1cc(C2Nc3ccccc3-c3nc4ccccc4n32)ccc1OCCC(C)C. The Morgan fingerprint density at radius 3 is 2.65 bits per heavy atom. The van der Waals surface area contributed by atoms with Crippen molar-refractivity contribution in [1.82, 2.24) is 9.55 Å². The lowest BCUT2D eigenvalue weighted by molar-refractivity contribution is 0.272. The van der Waals surface area contributed by atoms with Gasteiger partial charge in [0.25, 0.3) is 0 Å². The first kappa shape index (κ1) is 19.5. The van der Waals surface area contributed by atoms with Gasteiger partial charge in [-0.25, -0.2) is 4.98 Å². The van der Waals surface area contributed by atoms with Crippen molar-refractivity contribution in [3.05, 3.63) is 72.3 Å². The molecule has 1 aromatic heterocycles. The van der Waals surface area contributed by atoms with Crippen LogP contribution in [0.15, 0.2) is 66.7 Å². The van der Waals surface area contributed by atoms with Gasteiger partial charge in [0.05, 0.1) is 24.8 Å². The maximum atomic E-state index is 6.00. The van der Waals surface area contributed by atoms with Gasteiger partial charge in [-0.05, 0) is 54.3 Å². The Kier molecular flexibility index (Phi) is 5.02. The quantitative estimate of drug-likeness (QED) is 0.414. The first-order valence-corrected chi connectivity index (χ1v) is 10.8. The Labute approximate surface area is 182 Å². The summed E-state index contributed by atoms with van der Waals surface area (Å²) in [7, 11) is 1.69. The number of hydrogen-bond acceptors (Lipinski definition) is 4. The molecule has 0 radical (unpaired) electrons. The summed E-state index contributed by atoms with van der Waals surface area (Å²) in [5.41, 5.74) is 5.36. The van der Waals surface area contributed by atoms with Crippen molar-refractivity contribution < 1.29 is 9.47 Å². The molecule has 1 aliphatic rings. The smallest absolute Gasteiger partial charge is 0.161 e. The first-order chi connectivity index (χ1) is 15.2. The molecule has 0 spiro atoms. The van der Waals surface area contributed by atoms with Gasteiger partial charge in [-0.15, -0.1) is 0 Å². The van der Waals surface area contributed by atoms with E-state index >= 15 is 0 Å². The summed E-state index contributed by atoms with van der Waals surface area (Å²) in [6.45, 7) is 5.07. The van der Waals surface area contributed by atoms with E-state index in [0.717, 1.165) is 51.6 Å². The molecule has 0 saturated heterocycles. The van der Waals surface area contributed by atoms with E-state index in [1.165, 1.54) is 0 Å². The van der Waals surface area contributed by atoms with Crippen LogP contribution in [0.25, 0.3) is 22.4 Å². The molecule has 1 unspecified atom stereocenters. The second-order valence-corrected chi connectivity index (χ2v) is 8.33. The van der Waals surface area contributed by atoms with Crippen LogP contribution in [-0.4, -0.2) is 23.3 Å². The molecule has 31 heavy (non-hydrogen) atoms. The van der Waals surface area contributed by atoms with Crippen molar-refractivity contribution in [2.24, 2.45) is 5.92 Å². The van der Waals surface area contributed by atoms with Gasteiger partial charge >= 0.3 is 0 Å². The number of hydrogen-bond donors (Lipinski definition) is 1. The lowest BCUT2D eigenvalue weighted by Gasteiger charge is -2.30. The predicted octanol–water partition coefficient (Wildman–Crippen LogP) is 6.11. The highest BCUT2D eigenvalue weighted by atomic mass is 16.5. The molecule has 158 valence electrons. The van der Waals surface area contributed by atoms with E-state index in [1.54, 1.807) is 7.11 Å². The van der Waals surface area contributed by atoms with Gasteiger partial charge in [-0.1, -0.05) is 44.2 Å². The fourth-order valence-electron chi connectivity index (χ4n) is 4.12. The summed E-state index contributed by atoms with van der Waals surface area (Å²) in [6, 6.07) is 22.8. The molecular weight excluding hydrogens is 386 g/mol. The van der Waals surface area contributed by atoms with Gasteiger partial charge in [0, 0.05) is 11.3 Å². The maximum Gasteiger partial charge on any atom is 0.161 e. The maximum absolute atomic E-state index is 6.00. The van der Waals surface area contributed by atoms with Crippen LogP contribution in [0.5, 0.6) is 11.5 Å². The fourth-order valence-corrected chi connectivity index (χ4v) is 4.12. The van der Waals surface area contributed by atoms with E-state index in [4.69, 9.17) is 14.5 Å². The molecule has 0 fully saturated rings. The monoisotopic (exact) mass is 413 g/mol. The van der Waals surface area contributed by atoms with Crippen LogP contribution < -0.4 is 14.8 Å². The summed E-state index contributed by atoms with van der Waals surface area (Å²) < 4.78 is 14.0. The van der Waals surface area contributed by atoms with Crippen molar-refractivity contribution in [3.63, 3.8) is 0 Å². The molecule has 1 N–H and O–H groups in total. The van der Waals surface area contributed by atoms with E-state index in [9.17, 15) is 0 Å². The minimum Gasteiger partial charge on any atom is -0.493 e. The Bertz CT molecular complexity index is 1230. The van der Waals surface area contributed by atoms with Gasteiger partial charge < -0.3 is 14.8 Å². The fraction of sp³-hybridized carbons (Fsp3) is 0.269. The molecule has 0 amide bonds. The number of benzene rings is 3. The third-order valence-electron chi connectivity index (χ3n) is 5.77. The second kappa shape index (κ2) is 7.99. The van der Waals surface area contributed by atoms with Gasteiger partial charge in [-0.2, -0.15) is 0 Å². The number of aromatic nitrogens is 2. The third kappa shape index (κ3) is 3.50. The zero-order valence-corrected chi connectivity index (χ0v) is 18.1. The number of fused-ring (bicyclic) bond motifs is 5. The Morgan fingerprint density at radius 2 is 1.81 bits per heavy atom. The van der Waals surface area contributed by atoms with Crippen molar-refractivity contribution in [2.45, 2.75) is 26.4 Å². The van der Waals surface area contributed by atoms with Crippen LogP contribution in [0.4, 0.5) is 5.69 Å². The highest BCUT2D eigenvalue weighted by Crippen LogP contribution is 2.42. The molecule has 5 heteroatoms. The van der Waals surface area contributed by atoms with Crippen LogP contribution in [-0.2, 0) is 0 Å². The Balaban J connectivity index is 1.58. The highest BCUT2D eigenvalue weighted by molar-refractivity contribution is 5.86. The average molecular weight is 414 g/mol. The van der Waals surface area contributed by atoms with Crippen molar-refractivity contribution in [2.75, 3.05) is 19.0 Å². The zero-order chi connectivity index (χ0) is 21.4. The van der Waals surface area contributed by atoms with E-state index in [1.807, 2.05) is 18.2 Å². The van der Waals surface area contributed by atoms with E-state index in [0.29, 0.717) is 12.5 Å². The number of nitrogens with zero attached hydrogens (tertiary/aromatic N) is 2. The molecular formula is C26H27N3O2. The molecule has 1 aliphatic heterocycles. The summed E-state index contributed by atoms with van der Waals surface area (Å²) in [5, 5.41) is 3.70. The Morgan fingerprint density at radius 1 is 1.00 bits per heavy atom. The molecule has 4 aromatic rings. The third-order valence-corrected chi connectivity index (χ3v) is 5.77. The normalized spacial score (nSPS) is 14.8. The van der Waals surface area contributed by atoms with E-state index < -0.39 is 0 Å². The number of rotatable bonds is 6. The number of nitrogens with one attached hydrogen (secondary N) is 1. The number of ether oxygens (including phenoxy) is 2. The Hall–Kier alpha value is -3.47. The highest BCUT2D eigenvalue weighted by Gasteiger charge is 2.28. The summed E-state index contributed by atoms with van der Waals surface area (Å²) in [6.07, 6.45) is 0.909. The van der Waals surface area contributed by atoms with Crippen LogP contribution in [0, 0.1) is 5.92 Å². The zero-order valence-electron chi connectivity index (χ0n) is 18.1. The summed E-state index contributed by atoms with van der Waals surface area (Å²) in [5.74, 6) is 3.09. The molecule has 0 bridgehead atoms. The van der Waals surface area contributed by atoms with Crippen molar-refractivity contribution in [3.8, 4) is 22.9 Å². The number of imidazole rings is 1. The van der Waals surface area contributed by atoms with Crippen LogP contribution in [0.2, 0.25) is 0 Å². The summed E-state index contributed by atoms with van der Waals surface area (Å²) >= 11 is 0. The number of methoxy groups -OCH3 is 1. The van der Waals surface area contributed by atoms with Crippen LogP contribution >= 0.6 is 0 Å². The number of anilines is 1. The van der Waals surface area contributed by atoms with E-state index in [-0.39, 0.29) is 6.17 Å². The first-order valence-electron chi connectivity index (χ1n) is 10.8. The van der Waals surface area contributed by atoms with Crippen LogP contribution in [0.1, 0.15) is 32.0 Å². The molecule has 0 saturated carbocycles. The molecule has 0 aliphatic carbocycles. The lowest BCUT2D eigenvalue weighted by Crippen LogP contribution is -2.24. The topological polar surface area (TPSA) is 48.3 Å². The second-order valence-electron chi connectivity index (χ2n) is 8.33. The standard InChI is InChI=1S/C26H27N3O2/c1-17(2)14-15-31-23-13-12-18(16-24(23)30-3)25-27-20-9-5-4-8-19(20)26-28-21-10-6-7-11-22(21)29(25)26/h4-13,16-17,25,27H,14-15H2,1-3H3. The van der Waals surface area contributed by atoms with Crippen molar-refractivity contribution >= 4 is 16.7 Å². The van der Waals surface area contributed by atoms with Gasteiger partial charge in [0.2, 0.25) is 0 Å². The van der Waals surface area contributed by atoms with Gasteiger partial charge in [-0.3, -0.25) is 4.57 Å². The average Bonchev–Trinajstić information content (AvgIpc) is 3.18. The summed E-state index contributed by atoms with van der Waals surface area (Å²) in [4.78, 5) is 4.95. The molecule has 1 atom stereocenters. The van der Waals surface area contributed by atoms with Crippen molar-refractivity contribution in [1.29, 1.82) is 0 Å². The molecule has 2 heterocycles.